The minimum atomic E-state index is -0.654. The first-order chi connectivity index (χ1) is 13.5. The minimum Gasteiger partial charge on any atom is -0.452 e. The summed E-state index contributed by atoms with van der Waals surface area (Å²) >= 11 is 1.64. The van der Waals surface area contributed by atoms with E-state index >= 15 is 0 Å². The monoisotopic (exact) mass is 397 g/mol. The molecular weight excluding hydrogens is 374 g/mol. The summed E-state index contributed by atoms with van der Waals surface area (Å²) in [6, 6.07) is 16.4. The summed E-state index contributed by atoms with van der Waals surface area (Å²) in [6.07, 6.45) is 5.28. The largest absolute Gasteiger partial charge is 0.452 e. The third kappa shape index (κ3) is 7.40. The van der Waals surface area contributed by atoms with Crippen LogP contribution in [-0.2, 0) is 25.5 Å². The average molecular weight is 397 g/mol. The summed E-state index contributed by atoms with van der Waals surface area (Å²) in [4.78, 5) is 36.7. The van der Waals surface area contributed by atoms with Crippen LogP contribution in [0.5, 0.6) is 0 Å². The van der Waals surface area contributed by atoms with Gasteiger partial charge in [0.05, 0.1) is 6.04 Å². The van der Waals surface area contributed by atoms with Crippen molar-refractivity contribution in [3.63, 3.8) is 0 Å². The molecule has 6 heteroatoms. The average Bonchev–Trinajstić information content (AvgIpc) is 2.71. The third-order valence-corrected chi connectivity index (χ3v) is 4.73. The number of hydrogen-bond acceptors (Lipinski definition) is 5. The van der Waals surface area contributed by atoms with Crippen LogP contribution in [0.4, 0.5) is 0 Å². The number of esters is 1. The molecule has 0 aliphatic rings. The van der Waals surface area contributed by atoms with Crippen molar-refractivity contribution in [3.05, 3.63) is 71.8 Å². The highest BCUT2D eigenvalue weighted by atomic mass is 32.2. The van der Waals surface area contributed by atoms with Crippen molar-refractivity contribution in [2.75, 3.05) is 12.9 Å². The number of amides is 1. The lowest BCUT2D eigenvalue weighted by atomic mass is 10.0. The number of benzene rings is 2. The normalized spacial score (nSPS) is 11.8. The summed E-state index contributed by atoms with van der Waals surface area (Å²) in [6.45, 7) is 0.984. The molecule has 0 radical (unpaired) electrons. The van der Waals surface area contributed by atoms with E-state index in [9.17, 15) is 14.4 Å². The highest BCUT2D eigenvalue weighted by Crippen LogP contribution is 2.15. The molecule has 2 aromatic carbocycles. The first-order valence-electron chi connectivity index (χ1n) is 8.80. The topological polar surface area (TPSA) is 72.5 Å². The maximum Gasteiger partial charge on any atom is 0.331 e. The zero-order valence-electron chi connectivity index (χ0n) is 15.9. The Bertz CT molecular complexity index is 831. The molecule has 0 unspecified atom stereocenters. The van der Waals surface area contributed by atoms with Gasteiger partial charge in [0, 0.05) is 11.0 Å². The standard InChI is InChI=1S/C22H23NO4S/c1-16(24)20(14-18-6-4-3-5-7-18)23-21(25)15-27-22(26)13-10-17-8-11-19(28-2)12-9-17/h3-13,20H,14-15H2,1-2H3,(H,23,25)/b13-10+/t20-/m0/s1. The number of ketones is 1. The van der Waals surface area contributed by atoms with Crippen molar-refractivity contribution in [3.8, 4) is 0 Å². The smallest absolute Gasteiger partial charge is 0.331 e. The maximum absolute atomic E-state index is 12.0. The zero-order valence-corrected chi connectivity index (χ0v) is 16.7. The van der Waals surface area contributed by atoms with Gasteiger partial charge in [0.15, 0.2) is 12.4 Å². The van der Waals surface area contributed by atoms with E-state index in [0.717, 1.165) is 16.0 Å². The Kier molecular flexibility index (Phi) is 8.49. The third-order valence-electron chi connectivity index (χ3n) is 3.98. The molecule has 0 aliphatic heterocycles. The number of thioether (sulfide) groups is 1. The van der Waals surface area contributed by atoms with E-state index in [1.807, 2.05) is 60.9 Å². The van der Waals surface area contributed by atoms with Crippen molar-refractivity contribution in [1.82, 2.24) is 5.32 Å². The summed E-state index contributed by atoms with van der Waals surface area (Å²) < 4.78 is 4.95. The fourth-order valence-electron chi connectivity index (χ4n) is 2.45. The molecule has 0 aromatic heterocycles. The van der Waals surface area contributed by atoms with Crippen molar-refractivity contribution in [1.29, 1.82) is 0 Å². The van der Waals surface area contributed by atoms with E-state index in [1.54, 1.807) is 17.8 Å². The van der Waals surface area contributed by atoms with Crippen LogP contribution < -0.4 is 5.32 Å². The van der Waals surface area contributed by atoms with Gasteiger partial charge in [0.2, 0.25) is 0 Å². The zero-order chi connectivity index (χ0) is 20.4. The predicted octanol–water partition coefficient (Wildman–Crippen LogP) is 3.28. The molecule has 146 valence electrons. The fraction of sp³-hybridized carbons (Fsp3) is 0.227. The van der Waals surface area contributed by atoms with E-state index in [4.69, 9.17) is 4.74 Å². The van der Waals surface area contributed by atoms with Crippen LogP contribution in [0.25, 0.3) is 6.08 Å². The highest BCUT2D eigenvalue weighted by molar-refractivity contribution is 7.98. The van der Waals surface area contributed by atoms with Crippen LogP contribution >= 0.6 is 11.8 Å². The summed E-state index contributed by atoms with van der Waals surface area (Å²) in [5, 5.41) is 2.61. The molecule has 0 saturated carbocycles. The molecule has 1 N–H and O–H groups in total. The Balaban J connectivity index is 1.81. The van der Waals surface area contributed by atoms with E-state index in [2.05, 4.69) is 5.32 Å². The number of carbonyl (C=O) groups is 3. The van der Waals surface area contributed by atoms with Crippen molar-refractivity contribution in [2.45, 2.75) is 24.3 Å². The molecule has 1 amide bonds. The van der Waals surface area contributed by atoms with Gasteiger partial charge in [-0.25, -0.2) is 4.79 Å². The van der Waals surface area contributed by atoms with Gasteiger partial charge in [-0.15, -0.1) is 11.8 Å². The Morgan fingerprint density at radius 2 is 1.75 bits per heavy atom. The van der Waals surface area contributed by atoms with E-state index in [0.29, 0.717) is 6.42 Å². The van der Waals surface area contributed by atoms with Crippen LogP contribution in [0.3, 0.4) is 0 Å². The number of nitrogens with one attached hydrogen (secondary N) is 1. The number of ether oxygens (including phenoxy) is 1. The number of carbonyl (C=O) groups excluding carboxylic acids is 3. The molecular formula is C22H23NO4S. The molecule has 0 aliphatic carbocycles. The molecule has 0 spiro atoms. The molecule has 0 fully saturated rings. The molecule has 1 atom stereocenters. The minimum absolute atomic E-state index is 0.155. The lowest BCUT2D eigenvalue weighted by molar-refractivity contribution is -0.144. The van der Waals surface area contributed by atoms with E-state index < -0.39 is 24.5 Å². The van der Waals surface area contributed by atoms with Crippen LogP contribution in [0.2, 0.25) is 0 Å². The second kappa shape index (κ2) is 11.1. The summed E-state index contributed by atoms with van der Waals surface area (Å²) in [5.74, 6) is -1.29. The molecule has 2 rings (SSSR count). The lowest BCUT2D eigenvalue weighted by Crippen LogP contribution is -2.43. The number of Topliss-reactive ketones (excluding diaryl/α,β-unsaturated/α-hetero) is 1. The molecule has 5 nitrogen and oxygen atoms in total. The second-order valence-electron chi connectivity index (χ2n) is 6.13. The SMILES string of the molecule is CSc1ccc(/C=C/C(=O)OCC(=O)N[C@@H](Cc2ccccc2)C(C)=O)cc1. The van der Waals surface area contributed by atoms with Gasteiger partial charge in [0.1, 0.15) is 0 Å². The molecule has 0 heterocycles. The Labute approximate surface area is 169 Å². The molecule has 2 aromatic rings. The van der Waals surface area contributed by atoms with Gasteiger partial charge in [-0.2, -0.15) is 0 Å². The van der Waals surface area contributed by atoms with Crippen LogP contribution in [0, 0.1) is 0 Å². The first kappa shape index (κ1) is 21.4. The Hall–Kier alpha value is -2.86. The van der Waals surface area contributed by atoms with Gasteiger partial charge in [0.25, 0.3) is 5.91 Å². The van der Waals surface area contributed by atoms with Gasteiger partial charge in [-0.3, -0.25) is 9.59 Å². The van der Waals surface area contributed by atoms with Gasteiger partial charge in [-0.1, -0.05) is 42.5 Å². The van der Waals surface area contributed by atoms with Crippen molar-refractivity contribution < 1.29 is 19.1 Å². The van der Waals surface area contributed by atoms with Gasteiger partial charge in [-0.05, 0) is 48.9 Å². The second-order valence-corrected chi connectivity index (χ2v) is 7.01. The molecule has 0 bridgehead atoms. The van der Waals surface area contributed by atoms with Gasteiger partial charge >= 0.3 is 5.97 Å². The number of rotatable bonds is 9. The first-order valence-corrected chi connectivity index (χ1v) is 10.0. The lowest BCUT2D eigenvalue weighted by Gasteiger charge is -2.16. The van der Waals surface area contributed by atoms with Crippen molar-refractivity contribution >= 4 is 35.5 Å². The number of hydrogen-bond donors (Lipinski definition) is 1. The highest BCUT2D eigenvalue weighted by Gasteiger charge is 2.18. The Morgan fingerprint density at radius 1 is 1.07 bits per heavy atom. The van der Waals surface area contributed by atoms with Crippen LogP contribution in [-0.4, -0.2) is 36.6 Å². The summed E-state index contributed by atoms with van der Waals surface area (Å²) in [5.41, 5.74) is 1.80. The van der Waals surface area contributed by atoms with E-state index in [-0.39, 0.29) is 5.78 Å². The van der Waals surface area contributed by atoms with E-state index in [1.165, 1.54) is 13.0 Å². The fourth-order valence-corrected chi connectivity index (χ4v) is 2.85. The maximum atomic E-state index is 12.0. The molecule has 0 saturated heterocycles. The van der Waals surface area contributed by atoms with Crippen LogP contribution in [0.15, 0.2) is 65.6 Å². The molecule has 28 heavy (non-hydrogen) atoms. The van der Waals surface area contributed by atoms with Gasteiger partial charge < -0.3 is 10.1 Å². The van der Waals surface area contributed by atoms with Crippen molar-refractivity contribution in [2.24, 2.45) is 0 Å². The predicted molar refractivity (Wildman–Crippen MR) is 111 cm³/mol. The van der Waals surface area contributed by atoms with Crippen LogP contribution in [0.1, 0.15) is 18.1 Å². The Morgan fingerprint density at radius 3 is 2.36 bits per heavy atom. The summed E-state index contributed by atoms with van der Waals surface area (Å²) in [7, 11) is 0. The quantitative estimate of drug-likeness (QED) is 0.399.